The summed E-state index contributed by atoms with van der Waals surface area (Å²) in [7, 11) is 0. The number of nitrogens with two attached hydrogens (primary N) is 1. The number of aryl methyl sites for hydroxylation is 1. The largest absolute Gasteiger partial charge is 0.366 e. The number of primary amides is 1. The molecule has 1 atom stereocenters. The summed E-state index contributed by atoms with van der Waals surface area (Å²) >= 11 is 1.26. The molecule has 1 aromatic heterocycles. The topological polar surface area (TPSA) is 109 Å². The minimum absolute atomic E-state index is 0.212. The highest BCUT2D eigenvalue weighted by Crippen LogP contribution is 2.26. The number of hydrogen-bond acceptors (Lipinski definition) is 5. The van der Waals surface area contributed by atoms with Crippen molar-refractivity contribution < 1.29 is 9.59 Å². The molecule has 1 unspecified atom stereocenters. The van der Waals surface area contributed by atoms with Crippen LogP contribution in [0.5, 0.6) is 0 Å². The minimum Gasteiger partial charge on any atom is -0.366 e. The highest BCUT2D eigenvalue weighted by atomic mass is 32.2. The molecule has 2 amide bonds. The molecular weight excluding hydrogens is 360 g/mol. The molecule has 7 heteroatoms. The van der Waals surface area contributed by atoms with E-state index in [1.807, 2.05) is 6.07 Å². The lowest BCUT2D eigenvalue weighted by Crippen LogP contribution is -2.22. The number of rotatable bonds is 8. The Morgan fingerprint density at radius 1 is 1.26 bits per heavy atom. The van der Waals surface area contributed by atoms with Crippen molar-refractivity contribution in [1.82, 2.24) is 4.98 Å². The number of benzene rings is 1. The summed E-state index contributed by atoms with van der Waals surface area (Å²) in [6.07, 6.45) is 2.94. The first-order chi connectivity index (χ1) is 12.9. The van der Waals surface area contributed by atoms with Gasteiger partial charge in [0.25, 0.3) is 0 Å². The van der Waals surface area contributed by atoms with Crippen molar-refractivity contribution >= 4 is 29.3 Å². The minimum atomic E-state index is -0.519. The number of thioether (sulfide) groups is 1. The summed E-state index contributed by atoms with van der Waals surface area (Å²) in [6, 6.07) is 12.1. The van der Waals surface area contributed by atoms with Crippen LogP contribution in [-0.2, 0) is 11.2 Å². The van der Waals surface area contributed by atoms with Crippen LogP contribution in [0.15, 0.2) is 41.4 Å². The Morgan fingerprint density at radius 3 is 2.56 bits per heavy atom. The van der Waals surface area contributed by atoms with Crippen molar-refractivity contribution in [2.75, 3.05) is 5.32 Å². The molecule has 0 aliphatic heterocycles. The quantitative estimate of drug-likeness (QED) is 0.679. The van der Waals surface area contributed by atoms with Gasteiger partial charge in [-0.2, -0.15) is 5.26 Å². The van der Waals surface area contributed by atoms with E-state index in [1.54, 1.807) is 37.3 Å². The van der Waals surface area contributed by atoms with Crippen LogP contribution in [0.4, 0.5) is 5.69 Å². The highest BCUT2D eigenvalue weighted by molar-refractivity contribution is 8.00. The first-order valence-electron chi connectivity index (χ1n) is 8.72. The Kier molecular flexibility index (Phi) is 7.38. The lowest BCUT2D eigenvalue weighted by Gasteiger charge is -2.13. The molecule has 0 saturated carbocycles. The van der Waals surface area contributed by atoms with Gasteiger partial charge in [0.2, 0.25) is 11.8 Å². The zero-order valence-corrected chi connectivity index (χ0v) is 16.2. The van der Waals surface area contributed by atoms with Gasteiger partial charge in [0.05, 0.1) is 10.8 Å². The molecule has 27 heavy (non-hydrogen) atoms. The summed E-state index contributed by atoms with van der Waals surface area (Å²) in [6.45, 7) is 3.88. The predicted octanol–water partition coefficient (Wildman–Crippen LogP) is 3.51. The number of pyridine rings is 1. The summed E-state index contributed by atoms with van der Waals surface area (Å²) in [5, 5.41) is 12.2. The third kappa shape index (κ3) is 5.83. The third-order valence-corrected chi connectivity index (χ3v) is 5.02. The van der Waals surface area contributed by atoms with Crippen LogP contribution < -0.4 is 11.1 Å². The maximum atomic E-state index is 12.5. The summed E-state index contributed by atoms with van der Waals surface area (Å²) in [4.78, 5) is 28.1. The van der Waals surface area contributed by atoms with E-state index >= 15 is 0 Å². The van der Waals surface area contributed by atoms with Crippen LogP contribution >= 0.6 is 11.8 Å². The van der Waals surface area contributed by atoms with E-state index in [0.29, 0.717) is 21.8 Å². The van der Waals surface area contributed by atoms with E-state index in [0.717, 1.165) is 25.0 Å². The van der Waals surface area contributed by atoms with Gasteiger partial charge in [0.1, 0.15) is 11.1 Å². The van der Waals surface area contributed by atoms with Crippen LogP contribution in [0.25, 0.3) is 0 Å². The Labute approximate surface area is 163 Å². The fourth-order valence-corrected chi connectivity index (χ4v) is 3.24. The Balaban J connectivity index is 2.06. The zero-order valence-electron chi connectivity index (χ0n) is 15.4. The van der Waals surface area contributed by atoms with Gasteiger partial charge in [0.15, 0.2) is 0 Å². The number of nitriles is 1. The molecule has 0 aliphatic carbocycles. The van der Waals surface area contributed by atoms with Gasteiger partial charge in [-0.25, -0.2) is 4.98 Å². The molecule has 0 spiro atoms. The number of nitrogens with zero attached hydrogens (tertiary/aromatic N) is 2. The first kappa shape index (κ1) is 20.5. The van der Waals surface area contributed by atoms with Crippen LogP contribution in [-0.4, -0.2) is 22.0 Å². The highest BCUT2D eigenvalue weighted by Gasteiger charge is 2.18. The summed E-state index contributed by atoms with van der Waals surface area (Å²) in [5.74, 6) is -0.730. The average molecular weight is 382 g/mol. The van der Waals surface area contributed by atoms with Gasteiger partial charge in [-0.1, -0.05) is 25.1 Å². The maximum Gasteiger partial charge on any atom is 0.248 e. The van der Waals surface area contributed by atoms with Crippen LogP contribution in [0.1, 0.15) is 48.3 Å². The van der Waals surface area contributed by atoms with Gasteiger partial charge in [-0.3, -0.25) is 9.59 Å². The number of amides is 2. The standard InChI is InChI=1S/C20H22N4O2S/c1-3-4-5-16-11-8-15(12-21)20(24-16)27-13(2)19(26)23-17-9-6-14(7-10-17)18(22)25/h6-11,13H,3-5H2,1-2H3,(H2,22,25)(H,23,26). The van der Waals surface area contributed by atoms with Crippen molar-refractivity contribution in [1.29, 1.82) is 5.26 Å². The van der Waals surface area contributed by atoms with Crippen molar-refractivity contribution in [2.45, 2.75) is 43.4 Å². The predicted molar refractivity (Wildman–Crippen MR) is 106 cm³/mol. The zero-order chi connectivity index (χ0) is 19.8. The van der Waals surface area contributed by atoms with Crippen molar-refractivity contribution in [3.63, 3.8) is 0 Å². The molecule has 140 valence electrons. The Hall–Kier alpha value is -2.85. The van der Waals surface area contributed by atoms with E-state index < -0.39 is 11.2 Å². The number of carbonyl (C=O) groups excluding carboxylic acids is 2. The van der Waals surface area contributed by atoms with E-state index in [2.05, 4.69) is 23.3 Å². The molecule has 2 aromatic rings. The second kappa shape index (κ2) is 9.74. The van der Waals surface area contributed by atoms with E-state index in [-0.39, 0.29) is 5.91 Å². The number of carbonyl (C=O) groups is 2. The number of unbranched alkanes of at least 4 members (excludes halogenated alkanes) is 1. The molecule has 0 aliphatic rings. The molecule has 0 radical (unpaired) electrons. The molecule has 0 bridgehead atoms. The summed E-state index contributed by atoms with van der Waals surface area (Å²) in [5.41, 5.74) is 7.54. The van der Waals surface area contributed by atoms with E-state index in [9.17, 15) is 14.9 Å². The maximum absolute atomic E-state index is 12.5. The smallest absolute Gasteiger partial charge is 0.248 e. The fourth-order valence-electron chi connectivity index (χ4n) is 2.33. The van der Waals surface area contributed by atoms with Gasteiger partial charge < -0.3 is 11.1 Å². The number of nitrogens with one attached hydrogen (secondary N) is 1. The fraction of sp³-hybridized carbons (Fsp3) is 0.300. The number of aromatic nitrogens is 1. The Bertz CT molecular complexity index is 859. The van der Waals surface area contributed by atoms with Gasteiger partial charge >= 0.3 is 0 Å². The number of anilines is 1. The van der Waals surface area contributed by atoms with Crippen molar-refractivity contribution in [3.8, 4) is 6.07 Å². The molecular formula is C20H22N4O2S. The average Bonchev–Trinajstić information content (AvgIpc) is 2.66. The van der Waals surface area contributed by atoms with Crippen molar-refractivity contribution in [2.24, 2.45) is 5.73 Å². The SMILES string of the molecule is CCCCc1ccc(C#N)c(SC(C)C(=O)Nc2ccc(C(N)=O)cc2)n1. The molecule has 0 saturated heterocycles. The van der Waals surface area contributed by atoms with E-state index in [1.165, 1.54) is 11.8 Å². The summed E-state index contributed by atoms with van der Waals surface area (Å²) < 4.78 is 0. The van der Waals surface area contributed by atoms with Crippen LogP contribution in [0.2, 0.25) is 0 Å². The van der Waals surface area contributed by atoms with Crippen LogP contribution in [0, 0.1) is 11.3 Å². The Morgan fingerprint density at radius 2 is 1.96 bits per heavy atom. The second-order valence-corrected chi connectivity index (χ2v) is 7.39. The molecule has 1 heterocycles. The third-order valence-electron chi connectivity index (χ3n) is 3.92. The molecule has 3 N–H and O–H groups in total. The molecule has 1 aromatic carbocycles. The molecule has 0 fully saturated rings. The monoisotopic (exact) mass is 382 g/mol. The normalized spacial score (nSPS) is 11.4. The lowest BCUT2D eigenvalue weighted by molar-refractivity contribution is -0.115. The second-order valence-electron chi connectivity index (χ2n) is 6.06. The van der Waals surface area contributed by atoms with Crippen molar-refractivity contribution in [3.05, 3.63) is 53.2 Å². The van der Waals surface area contributed by atoms with Gasteiger partial charge in [-0.15, -0.1) is 0 Å². The molecule has 2 rings (SSSR count). The van der Waals surface area contributed by atoms with Gasteiger partial charge in [0, 0.05) is 16.9 Å². The van der Waals surface area contributed by atoms with Crippen LogP contribution in [0.3, 0.4) is 0 Å². The van der Waals surface area contributed by atoms with E-state index in [4.69, 9.17) is 5.73 Å². The molecule has 6 nitrogen and oxygen atoms in total. The van der Waals surface area contributed by atoms with Gasteiger partial charge in [-0.05, 0) is 56.2 Å². The number of hydrogen-bond donors (Lipinski definition) is 2. The lowest BCUT2D eigenvalue weighted by atomic mass is 10.2. The first-order valence-corrected chi connectivity index (χ1v) is 9.60.